The molecule has 2 bridgehead atoms. The molecule has 3 nitrogen and oxygen atoms in total. The highest BCUT2D eigenvalue weighted by atomic mass is 35.5. The zero-order valence-electron chi connectivity index (χ0n) is 13.0. The third kappa shape index (κ3) is 3.61. The van der Waals surface area contributed by atoms with Crippen LogP contribution in [0, 0.1) is 17.8 Å². The van der Waals surface area contributed by atoms with Gasteiger partial charge in [0.05, 0.1) is 5.92 Å². The lowest BCUT2D eigenvalue weighted by atomic mass is 9.84. The Labute approximate surface area is 143 Å². The molecule has 0 radical (unpaired) electrons. The first-order valence-electron chi connectivity index (χ1n) is 7.83. The third-order valence-corrected chi connectivity index (χ3v) is 5.71. The first-order chi connectivity index (χ1) is 10.2. The number of amides is 1. The number of hydrogen-bond donors (Lipinski definition) is 2. The molecule has 0 saturated heterocycles. The van der Waals surface area contributed by atoms with Gasteiger partial charge in [-0.2, -0.15) is 11.8 Å². The van der Waals surface area contributed by atoms with Crippen LogP contribution in [0.1, 0.15) is 24.8 Å². The van der Waals surface area contributed by atoms with Crippen LogP contribution in [0.3, 0.4) is 0 Å². The third-order valence-electron chi connectivity index (χ3n) is 5.10. The summed E-state index contributed by atoms with van der Waals surface area (Å²) >= 11 is 1.85. The van der Waals surface area contributed by atoms with E-state index >= 15 is 0 Å². The summed E-state index contributed by atoms with van der Waals surface area (Å²) in [5.74, 6) is 2.34. The van der Waals surface area contributed by atoms with Crippen molar-refractivity contribution in [3.05, 3.63) is 29.8 Å². The standard InChI is InChI=1S/C17H24N2OS.ClH/c1-21-9-8-11-2-6-14(7-3-11)19-17(20)15-12-4-5-13(10-12)16(15)18;/h2-3,6-7,12-13,15-16H,4-5,8-10,18H2,1H3,(H,19,20);1H. The summed E-state index contributed by atoms with van der Waals surface area (Å²) in [5, 5.41) is 3.06. The molecule has 1 aromatic rings. The molecule has 2 saturated carbocycles. The Hall–Kier alpha value is -0.710. The van der Waals surface area contributed by atoms with Crippen molar-refractivity contribution in [3.63, 3.8) is 0 Å². The summed E-state index contributed by atoms with van der Waals surface area (Å²) < 4.78 is 0. The van der Waals surface area contributed by atoms with E-state index < -0.39 is 0 Å². The van der Waals surface area contributed by atoms with Crippen LogP contribution in [0.5, 0.6) is 0 Å². The fourth-order valence-corrected chi connectivity index (χ4v) is 4.36. The van der Waals surface area contributed by atoms with Crippen LogP contribution in [-0.4, -0.2) is 24.0 Å². The molecule has 2 aliphatic carbocycles. The molecule has 0 heterocycles. The Morgan fingerprint density at radius 1 is 1.27 bits per heavy atom. The molecule has 4 atom stereocenters. The number of fused-ring (bicyclic) bond motifs is 2. The molecular weight excluding hydrogens is 316 g/mol. The van der Waals surface area contributed by atoms with E-state index in [1.807, 2.05) is 23.9 Å². The van der Waals surface area contributed by atoms with Gasteiger partial charge in [0.15, 0.2) is 0 Å². The molecule has 5 heteroatoms. The SMILES string of the molecule is CSCCc1ccc(NC(=O)C2C3CCC(C3)C2N)cc1.Cl. The minimum absolute atomic E-state index is 0. The van der Waals surface area contributed by atoms with E-state index in [-0.39, 0.29) is 30.3 Å². The molecule has 0 spiro atoms. The Morgan fingerprint density at radius 2 is 1.95 bits per heavy atom. The molecule has 3 rings (SSSR count). The largest absolute Gasteiger partial charge is 0.327 e. The van der Waals surface area contributed by atoms with E-state index in [1.165, 1.54) is 18.4 Å². The van der Waals surface area contributed by atoms with E-state index in [0.29, 0.717) is 11.8 Å². The molecule has 3 N–H and O–H groups in total. The molecule has 0 aliphatic heterocycles. The highest BCUT2D eigenvalue weighted by Crippen LogP contribution is 2.47. The number of hydrogen-bond acceptors (Lipinski definition) is 3. The van der Waals surface area contributed by atoms with E-state index in [2.05, 4.69) is 23.7 Å². The van der Waals surface area contributed by atoms with E-state index in [4.69, 9.17) is 5.73 Å². The van der Waals surface area contributed by atoms with Crippen molar-refractivity contribution in [2.24, 2.45) is 23.5 Å². The zero-order valence-corrected chi connectivity index (χ0v) is 14.6. The molecule has 4 unspecified atom stereocenters. The minimum Gasteiger partial charge on any atom is -0.327 e. The van der Waals surface area contributed by atoms with Crippen molar-refractivity contribution in [1.82, 2.24) is 0 Å². The zero-order chi connectivity index (χ0) is 14.8. The number of halogens is 1. The Morgan fingerprint density at radius 3 is 2.55 bits per heavy atom. The minimum atomic E-state index is 0. The van der Waals surface area contributed by atoms with Crippen molar-refractivity contribution < 1.29 is 4.79 Å². The number of thioether (sulfide) groups is 1. The van der Waals surface area contributed by atoms with Crippen LogP contribution in [0.15, 0.2) is 24.3 Å². The lowest BCUT2D eigenvalue weighted by Crippen LogP contribution is -2.42. The van der Waals surface area contributed by atoms with Crippen LogP contribution in [0.4, 0.5) is 5.69 Å². The van der Waals surface area contributed by atoms with Crippen molar-refractivity contribution in [2.45, 2.75) is 31.7 Å². The normalized spacial score (nSPS) is 29.2. The van der Waals surface area contributed by atoms with E-state index in [1.54, 1.807) is 0 Å². The van der Waals surface area contributed by atoms with E-state index in [9.17, 15) is 4.79 Å². The van der Waals surface area contributed by atoms with Gasteiger partial charge in [0, 0.05) is 11.7 Å². The van der Waals surface area contributed by atoms with Gasteiger partial charge in [-0.25, -0.2) is 0 Å². The summed E-state index contributed by atoms with van der Waals surface area (Å²) in [4.78, 5) is 12.5. The van der Waals surface area contributed by atoms with Crippen molar-refractivity contribution in [1.29, 1.82) is 0 Å². The highest BCUT2D eigenvalue weighted by Gasteiger charge is 2.49. The average molecular weight is 341 g/mol. The van der Waals surface area contributed by atoms with Crippen molar-refractivity contribution in [2.75, 3.05) is 17.3 Å². The van der Waals surface area contributed by atoms with Crippen LogP contribution in [0.2, 0.25) is 0 Å². The van der Waals surface area contributed by atoms with Gasteiger partial charge in [0.2, 0.25) is 5.91 Å². The maximum Gasteiger partial charge on any atom is 0.229 e. The maximum absolute atomic E-state index is 12.5. The Bertz CT molecular complexity index is 506. The number of anilines is 1. The number of carbonyl (C=O) groups is 1. The Balaban J connectivity index is 0.00000176. The first-order valence-corrected chi connectivity index (χ1v) is 9.22. The number of aryl methyl sites for hydroxylation is 1. The fraction of sp³-hybridized carbons (Fsp3) is 0.588. The number of rotatable bonds is 5. The van der Waals surface area contributed by atoms with E-state index in [0.717, 1.165) is 24.3 Å². The monoisotopic (exact) mass is 340 g/mol. The lowest BCUT2D eigenvalue weighted by Gasteiger charge is -2.27. The second-order valence-electron chi connectivity index (χ2n) is 6.37. The predicted octanol–water partition coefficient (Wildman–Crippen LogP) is 3.33. The second-order valence-corrected chi connectivity index (χ2v) is 7.35. The smallest absolute Gasteiger partial charge is 0.229 e. The first kappa shape index (κ1) is 17.6. The summed E-state index contributed by atoms with van der Waals surface area (Å²) in [6.45, 7) is 0. The van der Waals surface area contributed by atoms with Crippen molar-refractivity contribution in [3.8, 4) is 0 Å². The summed E-state index contributed by atoms with van der Waals surface area (Å²) in [6, 6.07) is 8.28. The summed E-state index contributed by atoms with van der Waals surface area (Å²) in [5.41, 5.74) is 8.44. The number of carbonyl (C=O) groups excluding carboxylic acids is 1. The van der Waals surface area contributed by atoms with Gasteiger partial charge in [-0.15, -0.1) is 12.4 Å². The fourth-order valence-electron chi connectivity index (χ4n) is 3.93. The van der Waals surface area contributed by atoms with Crippen molar-refractivity contribution >= 4 is 35.8 Å². The van der Waals surface area contributed by atoms with Crippen LogP contribution >= 0.6 is 24.2 Å². The predicted molar refractivity (Wildman–Crippen MR) is 96.7 cm³/mol. The highest BCUT2D eigenvalue weighted by molar-refractivity contribution is 7.98. The number of nitrogens with two attached hydrogens (primary N) is 1. The number of nitrogens with one attached hydrogen (secondary N) is 1. The summed E-state index contributed by atoms with van der Waals surface area (Å²) in [7, 11) is 0. The van der Waals surface area contributed by atoms with Gasteiger partial charge < -0.3 is 11.1 Å². The van der Waals surface area contributed by atoms with Crippen LogP contribution < -0.4 is 11.1 Å². The van der Waals surface area contributed by atoms with Crippen LogP contribution in [0.25, 0.3) is 0 Å². The van der Waals surface area contributed by atoms with Gasteiger partial charge >= 0.3 is 0 Å². The second kappa shape index (κ2) is 7.71. The average Bonchev–Trinajstić information content (AvgIpc) is 3.07. The summed E-state index contributed by atoms with van der Waals surface area (Å²) in [6.07, 6.45) is 6.72. The molecule has 1 amide bonds. The molecule has 0 aromatic heterocycles. The topological polar surface area (TPSA) is 55.1 Å². The van der Waals surface area contributed by atoms with Gasteiger partial charge in [-0.05, 0) is 67.2 Å². The Kier molecular flexibility index (Phi) is 6.18. The maximum atomic E-state index is 12.5. The van der Waals surface area contributed by atoms with Gasteiger partial charge in [0.25, 0.3) is 0 Å². The molecule has 122 valence electrons. The lowest BCUT2D eigenvalue weighted by molar-refractivity contribution is -0.121. The molecule has 2 aliphatic rings. The van der Waals surface area contributed by atoms with Gasteiger partial charge in [-0.1, -0.05) is 12.1 Å². The molecule has 2 fully saturated rings. The number of benzene rings is 1. The van der Waals surface area contributed by atoms with Gasteiger partial charge in [0.1, 0.15) is 0 Å². The molecular formula is C17H25ClN2OS. The molecule has 22 heavy (non-hydrogen) atoms. The van der Waals surface area contributed by atoms with Gasteiger partial charge in [-0.3, -0.25) is 4.79 Å². The van der Waals surface area contributed by atoms with Crippen LogP contribution in [-0.2, 0) is 11.2 Å². The molecule has 1 aromatic carbocycles. The quantitative estimate of drug-likeness (QED) is 0.864.